The third kappa shape index (κ3) is 3.02. The van der Waals surface area contributed by atoms with Crippen LogP contribution in [0.1, 0.15) is 45.1 Å². The Morgan fingerprint density at radius 3 is 2.95 bits per heavy atom. The second kappa shape index (κ2) is 6.02. The van der Waals surface area contributed by atoms with Crippen LogP contribution in [-0.2, 0) is 0 Å². The highest BCUT2D eigenvalue weighted by atomic mass is 35.5. The monoisotopic (exact) mass is 305 g/mol. The van der Waals surface area contributed by atoms with Crippen LogP contribution in [-0.4, -0.2) is 20.2 Å². The van der Waals surface area contributed by atoms with Gasteiger partial charge in [-0.2, -0.15) is 0 Å². The van der Waals surface area contributed by atoms with Crippen molar-refractivity contribution < 1.29 is 0 Å². The summed E-state index contributed by atoms with van der Waals surface area (Å²) in [6.45, 7) is 2.32. The van der Waals surface area contributed by atoms with Crippen molar-refractivity contribution in [2.45, 2.75) is 45.1 Å². The van der Waals surface area contributed by atoms with Gasteiger partial charge < -0.3 is 5.73 Å². The lowest BCUT2D eigenvalue weighted by Crippen LogP contribution is -2.12. The van der Waals surface area contributed by atoms with Crippen LogP contribution < -0.4 is 5.73 Å². The Balaban J connectivity index is 1.95. The molecule has 2 N–H and O–H groups in total. The van der Waals surface area contributed by atoms with E-state index in [4.69, 9.17) is 17.3 Å². The van der Waals surface area contributed by atoms with Gasteiger partial charge in [-0.15, -0.1) is 5.10 Å². The van der Waals surface area contributed by atoms with Gasteiger partial charge in [0.2, 0.25) is 0 Å². The zero-order chi connectivity index (χ0) is 14.8. The average Bonchev–Trinajstić information content (AvgIpc) is 2.84. The topological polar surface area (TPSA) is 69.6 Å². The fraction of sp³-hybridized carbons (Fsp3) is 0.533. The van der Waals surface area contributed by atoms with Crippen molar-refractivity contribution >= 4 is 17.3 Å². The molecule has 1 aliphatic carbocycles. The molecule has 1 aromatic heterocycles. The Kier molecular flexibility index (Phi) is 4.10. The van der Waals surface area contributed by atoms with Gasteiger partial charge in [-0.25, -0.2) is 4.68 Å². The highest BCUT2D eigenvalue weighted by molar-refractivity contribution is 6.33. The summed E-state index contributed by atoms with van der Waals surface area (Å²) in [6, 6.07) is 5.76. The number of anilines is 1. The van der Waals surface area contributed by atoms with Gasteiger partial charge in [-0.05, 0) is 53.8 Å². The molecule has 5 nitrogen and oxygen atoms in total. The smallest absolute Gasteiger partial charge is 0.183 e. The number of halogens is 1. The third-order valence-electron chi connectivity index (χ3n) is 4.30. The second-order valence-corrected chi connectivity index (χ2v) is 6.36. The minimum absolute atomic E-state index is 0.345. The lowest BCUT2D eigenvalue weighted by molar-refractivity contribution is 0.394. The molecule has 6 heteroatoms. The maximum Gasteiger partial charge on any atom is 0.183 e. The van der Waals surface area contributed by atoms with Crippen LogP contribution in [0.2, 0.25) is 5.02 Å². The van der Waals surface area contributed by atoms with E-state index < -0.39 is 0 Å². The van der Waals surface area contributed by atoms with Crippen LogP contribution in [0.3, 0.4) is 0 Å². The summed E-state index contributed by atoms with van der Waals surface area (Å²) < 4.78 is 1.93. The average molecular weight is 306 g/mol. The zero-order valence-electron chi connectivity index (χ0n) is 12.2. The Bertz CT molecular complexity index is 624. The molecule has 1 aliphatic rings. The number of rotatable bonds is 2. The van der Waals surface area contributed by atoms with Crippen LogP contribution in [0.4, 0.5) is 5.69 Å². The Morgan fingerprint density at radius 1 is 1.24 bits per heavy atom. The van der Waals surface area contributed by atoms with Crippen molar-refractivity contribution in [3.63, 3.8) is 0 Å². The number of benzene rings is 1. The molecule has 2 aromatic rings. The van der Waals surface area contributed by atoms with Gasteiger partial charge in [-0.1, -0.05) is 31.4 Å². The van der Waals surface area contributed by atoms with E-state index >= 15 is 0 Å². The molecule has 2 unspecified atom stereocenters. The fourth-order valence-electron chi connectivity index (χ4n) is 3.04. The van der Waals surface area contributed by atoms with Gasteiger partial charge in [0.25, 0.3) is 0 Å². The maximum absolute atomic E-state index is 6.29. The van der Waals surface area contributed by atoms with Crippen molar-refractivity contribution in [3.8, 4) is 11.4 Å². The molecule has 0 radical (unpaired) electrons. The van der Waals surface area contributed by atoms with E-state index in [2.05, 4.69) is 22.4 Å². The second-order valence-electron chi connectivity index (χ2n) is 5.95. The lowest BCUT2D eigenvalue weighted by atomic mass is 10.0. The van der Waals surface area contributed by atoms with Crippen LogP contribution in [0, 0.1) is 5.92 Å². The Hall–Kier alpha value is -1.62. The van der Waals surface area contributed by atoms with Gasteiger partial charge in [0.1, 0.15) is 0 Å². The van der Waals surface area contributed by atoms with E-state index in [1.807, 2.05) is 10.7 Å². The molecule has 0 saturated heterocycles. The number of hydrogen-bond acceptors (Lipinski definition) is 4. The van der Waals surface area contributed by atoms with Crippen LogP contribution in [0.5, 0.6) is 0 Å². The normalized spacial score (nSPS) is 23.0. The van der Waals surface area contributed by atoms with Gasteiger partial charge in [0, 0.05) is 11.3 Å². The minimum atomic E-state index is 0.345. The first-order valence-corrected chi connectivity index (χ1v) is 7.86. The van der Waals surface area contributed by atoms with Crippen molar-refractivity contribution in [2.24, 2.45) is 5.92 Å². The maximum atomic E-state index is 6.29. The Morgan fingerprint density at radius 2 is 2.10 bits per heavy atom. The van der Waals surface area contributed by atoms with Gasteiger partial charge in [0.05, 0.1) is 11.1 Å². The zero-order valence-corrected chi connectivity index (χ0v) is 12.9. The number of nitrogens with two attached hydrogens (primary N) is 1. The van der Waals surface area contributed by atoms with Gasteiger partial charge >= 0.3 is 0 Å². The summed E-state index contributed by atoms with van der Waals surface area (Å²) in [4.78, 5) is 0. The number of nitrogens with zero attached hydrogens (tertiary/aromatic N) is 4. The first kappa shape index (κ1) is 14.3. The molecule has 0 aliphatic heterocycles. The first-order valence-electron chi connectivity index (χ1n) is 7.48. The standard InChI is InChI=1S/C15H20ClN5/c1-10-3-2-4-12(7-5-10)21-15(18-19-20-21)13-9-11(17)6-8-14(13)16/h6,8-10,12H,2-5,7,17H2,1H3. The van der Waals surface area contributed by atoms with Gasteiger partial charge in [-0.3, -0.25) is 0 Å². The van der Waals surface area contributed by atoms with Crippen molar-refractivity contribution in [1.82, 2.24) is 20.2 Å². The molecule has 1 heterocycles. The van der Waals surface area contributed by atoms with Gasteiger partial charge in [0.15, 0.2) is 5.82 Å². The molecule has 2 atom stereocenters. The molecule has 0 spiro atoms. The highest BCUT2D eigenvalue weighted by Gasteiger charge is 2.23. The molecule has 3 rings (SSSR count). The lowest BCUT2D eigenvalue weighted by Gasteiger charge is -2.16. The molecule has 0 bridgehead atoms. The molecule has 21 heavy (non-hydrogen) atoms. The fourth-order valence-corrected chi connectivity index (χ4v) is 3.25. The molecule has 1 fully saturated rings. The molecular weight excluding hydrogens is 286 g/mol. The van der Waals surface area contributed by atoms with E-state index in [0.717, 1.165) is 24.3 Å². The molecular formula is C15H20ClN5. The summed E-state index contributed by atoms with van der Waals surface area (Å²) in [5, 5.41) is 12.9. The molecule has 0 amide bonds. The predicted octanol–water partition coefficient (Wildman–Crippen LogP) is 3.72. The summed E-state index contributed by atoms with van der Waals surface area (Å²) in [5.74, 6) is 1.50. The quantitative estimate of drug-likeness (QED) is 0.678. The SMILES string of the molecule is CC1CCCC(n2nnnc2-c2cc(N)ccc2Cl)CC1. The van der Waals surface area contributed by atoms with Crippen LogP contribution >= 0.6 is 11.6 Å². The van der Waals surface area contributed by atoms with Crippen molar-refractivity contribution in [3.05, 3.63) is 23.2 Å². The van der Waals surface area contributed by atoms with E-state index in [1.54, 1.807) is 12.1 Å². The number of nitrogen functional groups attached to an aromatic ring is 1. The van der Waals surface area contributed by atoms with Crippen LogP contribution in [0.25, 0.3) is 11.4 Å². The van der Waals surface area contributed by atoms with Crippen molar-refractivity contribution in [1.29, 1.82) is 0 Å². The van der Waals surface area contributed by atoms with Crippen LogP contribution in [0.15, 0.2) is 18.2 Å². The largest absolute Gasteiger partial charge is 0.399 e. The number of tetrazole rings is 1. The summed E-state index contributed by atoms with van der Waals surface area (Å²) in [5.41, 5.74) is 7.34. The predicted molar refractivity (Wildman–Crippen MR) is 84.0 cm³/mol. The summed E-state index contributed by atoms with van der Waals surface area (Å²) in [6.07, 6.45) is 5.94. The molecule has 1 aromatic carbocycles. The van der Waals surface area contributed by atoms with Crippen molar-refractivity contribution in [2.75, 3.05) is 5.73 Å². The van der Waals surface area contributed by atoms with E-state index in [1.165, 1.54) is 19.3 Å². The van der Waals surface area contributed by atoms with E-state index in [0.29, 0.717) is 22.6 Å². The minimum Gasteiger partial charge on any atom is -0.399 e. The van der Waals surface area contributed by atoms with E-state index in [-0.39, 0.29) is 0 Å². The van der Waals surface area contributed by atoms with E-state index in [9.17, 15) is 0 Å². The highest BCUT2D eigenvalue weighted by Crippen LogP contribution is 2.34. The number of hydrogen-bond donors (Lipinski definition) is 1. The first-order chi connectivity index (χ1) is 10.1. The summed E-state index contributed by atoms with van der Waals surface area (Å²) >= 11 is 6.29. The molecule has 112 valence electrons. The molecule has 1 saturated carbocycles. The number of aromatic nitrogens is 4. The third-order valence-corrected chi connectivity index (χ3v) is 4.63. The Labute approximate surface area is 129 Å². The summed E-state index contributed by atoms with van der Waals surface area (Å²) in [7, 11) is 0.